The van der Waals surface area contributed by atoms with Gasteiger partial charge in [0.05, 0.1) is 12.2 Å². The Bertz CT molecular complexity index is 750. The minimum absolute atomic E-state index is 0.0582. The minimum Gasteiger partial charge on any atom is -0.344 e. The van der Waals surface area contributed by atoms with Crippen molar-refractivity contribution in [3.05, 3.63) is 78.1 Å². The molecule has 0 saturated heterocycles. The molecule has 2 N–H and O–H groups in total. The lowest BCUT2D eigenvalue weighted by Crippen LogP contribution is -2.26. The van der Waals surface area contributed by atoms with Crippen LogP contribution in [0.5, 0.6) is 0 Å². The van der Waals surface area contributed by atoms with Gasteiger partial charge in [-0.15, -0.1) is 0 Å². The quantitative estimate of drug-likeness (QED) is 0.772. The average Bonchev–Trinajstić information content (AvgIpc) is 3.06. The molecule has 4 nitrogen and oxygen atoms in total. The Morgan fingerprint density at radius 3 is 2.36 bits per heavy atom. The summed E-state index contributed by atoms with van der Waals surface area (Å²) in [6.45, 7) is 1.96. The molecule has 1 amide bonds. The lowest BCUT2D eigenvalue weighted by atomic mass is 10.1. The second-order valence-corrected chi connectivity index (χ2v) is 5.12. The van der Waals surface area contributed by atoms with Crippen LogP contribution in [0.4, 0.5) is 0 Å². The third-order valence-corrected chi connectivity index (χ3v) is 3.51. The molecule has 1 atom stereocenters. The maximum Gasteiger partial charge on any atom is 0.269 e. The fraction of sp³-hybridized carbons (Fsp3) is 0.111. The van der Waals surface area contributed by atoms with Crippen LogP contribution in [0.25, 0.3) is 11.4 Å². The summed E-state index contributed by atoms with van der Waals surface area (Å²) in [4.78, 5) is 19.6. The van der Waals surface area contributed by atoms with Gasteiger partial charge in [-0.25, -0.2) is 4.98 Å². The fourth-order valence-electron chi connectivity index (χ4n) is 2.28. The van der Waals surface area contributed by atoms with E-state index in [0.29, 0.717) is 11.5 Å². The summed E-state index contributed by atoms with van der Waals surface area (Å²) in [6.07, 6.45) is 1.56. The topological polar surface area (TPSA) is 57.8 Å². The molecule has 0 aliphatic heterocycles. The first kappa shape index (κ1) is 14.1. The molecule has 1 aromatic heterocycles. The summed E-state index contributed by atoms with van der Waals surface area (Å²) < 4.78 is 0. The van der Waals surface area contributed by atoms with Crippen LogP contribution in [0.15, 0.2) is 66.9 Å². The molecule has 0 aliphatic carbocycles. The molecule has 0 unspecified atom stereocenters. The van der Waals surface area contributed by atoms with Crippen molar-refractivity contribution < 1.29 is 4.79 Å². The molecule has 0 saturated carbocycles. The number of amides is 1. The van der Waals surface area contributed by atoms with Crippen molar-refractivity contribution in [2.45, 2.75) is 13.0 Å². The fourth-order valence-corrected chi connectivity index (χ4v) is 2.28. The van der Waals surface area contributed by atoms with Gasteiger partial charge in [-0.05, 0) is 12.5 Å². The van der Waals surface area contributed by atoms with E-state index < -0.39 is 0 Å². The van der Waals surface area contributed by atoms with Crippen LogP contribution in [0.3, 0.4) is 0 Å². The molecule has 2 aromatic carbocycles. The number of hydrogen-bond acceptors (Lipinski definition) is 2. The van der Waals surface area contributed by atoms with Gasteiger partial charge >= 0.3 is 0 Å². The summed E-state index contributed by atoms with van der Waals surface area (Å²) in [6, 6.07) is 19.5. The van der Waals surface area contributed by atoms with Gasteiger partial charge in [0, 0.05) is 5.56 Å². The standard InChI is InChI=1S/C18H17N3O/c1-13(14-8-4-2-5-9-14)20-18(22)16-12-19-17(21-16)15-10-6-3-7-11-15/h2-13H,1H3,(H,19,21)(H,20,22)/t13-/m0/s1. The van der Waals surface area contributed by atoms with E-state index in [1.165, 1.54) is 0 Å². The molecule has 3 aromatic rings. The number of rotatable bonds is 4. The van der Waals surface area contributed by atoms with Crippen LogP contribution >= 0.6 is 0 Å². The highest BCUT2D eigenvalue weighted by atomic mass is 16.1. The molecule has 0 spiro atoms. The summed E-state index contributed by atoms with van der Waals surface area (Å²) >= 11 is 0. The number of benzene rings is 2. The van der Waals surface area contributed by atoms with E-state index in [2.05, 4.69) is 15.3 Å². The highest BCUT2D eigenvalue weighted by Gasteiger charge is 2.14. The predicted molar refractivity (Wildman–Crippen MR) is 86.3 cm³/mol. The van der Waals surface area contributed by atoms with Gasteiger partial charge in [-0.1, -0.05) is 60.7 Å². The number of carbonyl (C=O) groups is 1. The van der Waals surface area contributed by atoms with E-state index in [1.807, 2.05) is 67.6 Å². The number of carbonyl (C=O) groups excluding carboxylic acids is 1. The third-order valence-electron chi connectivity index (χ3n) is 3.51. The maximum atomic E-state index is 12.3. The van der Waals surface area contributed by atoms with Crippen molar-refractivity contribution >= 4 is 5.91 Å². The van der Waals surface area contributed by atoms with E-state index in [4.69, 9.17) is 0 Å². The van der Waals surface area contributed by atoms with Gasteiger partial charge < -0.3 is 10.3 Å². The highest BCUT2D eigenvalue weighted by molar-refractivity contribution is 5.92. The first-order chi connectivity index (χ1) is 10.7. The lowest BCUT2D eigenvalue weighted by molar-refractivity contribution is 0.0935. The summed E-state index contributed by atoms with van der Waals surface area (Å²) in [5.41, 5.74) is 2.48. The number of hydrogen-bond donors (Lipinski definition) is 2. The number of aromatic amines is 1. The molecule has 0 radical (unpaired) electrons. The largest absolute Gasteiger partial charge is 0.344 e. The number of aromatic nitrogens is 2. The average molecular weight is 291 g/mol. The van der Waals surface area contributed by atoms with Crippen LogP contribution in [-0.4, -0.2) is 15.9 Å². The van der Waals surface area contributed by atoms with E-state index in [9.17, 15) is 4.79 Å². The summed E-state index contributed by atoms with van der Waals surface area (Å²) in [5, 5.41) is 2.97. The van der Waals surface area contributed by atoms with Crippen molar-refractivity contribution in [3.8, 4) is 11.4 Å². The molecule has 1 heterocycles. The van der Waals surface area contributed by atoms with Crippen molar-refractivity contribution in [1.29, 1.82) is 0 Å². The zero-order chi connectivity index (χ0) is 15.4. The number of nitrogens with zero attached hydrogens (tertiary/aromatic N) is 1. The Hall–Kier alpha value is -2.88. The minimum atomic E-state index is -0.161. The molecule has 4 heteroatoms. The first-order valence-corrected chi connectivity index (χ1v) is 7.20. The summed E-state index contributed by atoms with van der Waals surface area (Å²) in [5.74, 6) is 0.532. The monoisotopic (exact) mass is 291 g/mol. The first-order valence-electron chi connectivity index (χ1n) is 7.20. The predicted octanol–water partition coefficient (Wildman–Crippen LogP) is 3.57. The number of H-pyrrole nitrogens is 1. The zero-order valence-corrected chi connectivity index (χ0v) is 12.3. The Morgan fingerprint density at radius 1 is 1.05 bits per heavy atom. The molecule has 22 heavy (non-hydrogen) atoms. The van der Waals surface area contributed by atoms with Crippen LogP contribution in [-0.2, 0) is 0 Å². The maximum absolute atomic E-state index is 12.3. The van der Waals surface area contributed by atoms with E-state index in [0.717, 1.165) is 11.1 Å². The molecular formula is C18H17N3O. The van der Waals surface area contributed by atoms with Crippen LogP contribution in [0.1, 0.15) is 29.0 Å². The van der Waals surface area contributed by atoms with E-state index in [-0.39, 0.29) is 11.9 Å². The SMILES string of the molecule is C[C@H](NC(=O)c1cnc(-c2ccccc2)[nH]1)c1ccccc1. The lowest BCUT2D eigenvalue weighted by Gasteiger charge is -2.13. The van der Waals surface area contributed by atoms with Crippen molar-refractivity contribution in [1.82, 2.24) is 15.3 Å². The van der Waals surface area contributed by atoms with Crippen LogP contribution < -0.4 is 5.32 Å². The van der Waals surface area contributed by atoms with Gasteiger partial charge in [0.2, 0.25) is 0 Å². The molecule has 3 rings (SSSR count). The van der Waals surface area contributed by atoms with Gasteiger partial charge in [0.1, 0.15) is 11.5 Å². The Morgan fingerprint density at radius 2 is 1.68 bits per heavy atom. The Balaban J connectivity index is 1.72. The van der Waals surface area contributed by atoms with E-state index >= 15 is 0 Å². The van der Waals surface area contributed by atoms with Crippen molar-refractivity contribution in [3.63, 3.8) is 0 Å². The second-order valence-electron chi connectivity index (χ2n) is 5.12. The van der Waals surface area contributed by atoms with Crippen molar-refractivity contribution in [2.75, 3.05) is 0 Å². The second kappa shape index (κ2) is 6.26. The highest BCUT2D eigenvalue weighted by Crippen LogP contribution is 2.16. The van der Waals surface area contributed by atoms with Crippen molar-refractivity contribution in [2.24, 2.45) is 0 Å². The molecule has 0 bridgehead atoms. The zero-order valence-electron chi connectivity index (χ0n) is 12.3. The molecule has 110 valence electrons. The molecule has 0 aliphatic rings. The number of nitrogens with one attached hydrogen (secondary N) is 2. The Labute approximate surface area is 129 Å². The summed E-state index contributed by atoms with van der Waals surface area (Å²) in [7, 11) is 0. The van der Waals surface area contributed by atoms with E-state index in [1.54, 1.807) is 6.20 Å². The van der Waals surface area contributed by atoms with Crippen LogP contribution in [0.2, 0.25) is 0 Å². The normalized spacial score (nSPS) is 11.9. The Kier molecular flexibility index (Phi) is 4.01. The third kappa shape index (κ3) is 3.06. The van der Waals surface area contributed by atoms with Gasteiger partial charge in [0.25, 0.3) is 5.91 Å². The number of imidazole rings is 1. The molecular weight excluding hydrogens is 274 g/mol. The smallest absolute Gasteiger partial charge is 0.269 e. The van der Waals surface area contributed by atoms with Crippen LogP contribution in [0, 0.1) is 0 Å². The van der Waals surface area contributed by atoms with Gasteiger partial charge in [0.15, 0.2) is 0 Å². The molecule has 0 fully saturated rings. The van der Waals surface area contributed by atoms with Gasteiger partial charge in [-0.2, -0.15) is 0 Å². The van der Waals surface area contributed by atoms with Gasteiger partial charge in [-0.3, -0.25) is 4.79 Å².